The predicted molar refractivity (Wildman–Crippen MR) is 124 cm³/mol. The molecule has 0 bridgehead atoms. The van der Waals surface area contributed by atoms with Crippen molar-refractivity contribution >= 4 is 17.5 Å². The number of para-hydroxylation sites is 1. The van der Waals surface area contributed by atoms with Crippen molar-refractivity contribution in [2.45, 2.75) is 45.6 Å². The molecule has 1 unspecified atom stereocenters. The molecule has 2 amide bonds. The van der Waals surface area contributed by atoms with Crippen molar-refractivity contribution < 1.29 is 9.59 Å². The Morgan fingerprint density at radius 3 is 2.28 bits per heavy atom. The Balaban J connectivity index is 1.40. The molecule has 32 heavy (non-hydrogen) atoms. The zero-order valence-electron chi connectivity index (χ0n) is 19.2. The van der Waals surface area contributed by atoms with Gasteiger partial charge in [0.25, 0.3) is 5.56 Å². The average Bonchev–Trinajstić information content (AvgIpc) is 3.42. The smallest absolute Gasteiger partial charge is 0.295 e. The molecular formula is C24H33N5O3. The number of aromatic nitrogens is 2. The molecule has 1 saturated carbocycles. The highest BCUT2D eigenvalue weighted by Gasteiger charge is 2.32. The van der Waals surface area contributed by atoms with Crippen LogP contribution in [-0.2, 0) is 16.6 Å². The Kier molecular flexibility index (Phi) is 6.50. The van der Waals surface area contributed by atoms with Gasteiger partial charge in [-0.1, -0.05) is 31.0 Å². The van der Waals surface area contributed by atoms with Gasteiger partial charge in [-0.15, -0.1) is 0 Å². The summed E-state index contributed by atoms with van der Waals surface area (Å²) in [6.45, 7) is 6.31. The summed E-state index contributed by atoms with van der Waals surface area (Å²) in [6.07, 6.45) is 4.32. The summed E-state index contributed by atoms with van der Waals surface area (Å²) < 4.78 is 3.31. The van der Waals surface area contributed by atoms with Crippen molar-refractivity contribution in [3.05, 3.63) is 46.4 Å². The molecule has 1 aromatic heterocycles. The number of benzene rings is 1. The maximum absolute atomic E-state index is 13.1. The van der Waals surface area contributed by atoms with Gasteiger partial charge in [0.05, 0.1) is 17.4 Å². The highest BCUT2D eigenvalue weighted by atomic mass is 16.2. The molecule has 2 aliphatic rings. The van der Waals surface area contributed by atoms with Gasteiger partial charge < -0.3 is 10.2 Å². The molecule has 8 heteroatoms. The first-order valence-electron chi connectivity index (χ1n) is 11.6. The number of nitrogens with zero attached hydrogens (tertiary/aromatic N) is 4. The van der Waals surface area contributed by atoms with Gasteiger partial charge in [0.1, 0.15) is 5.69 Å². The first-order valence-corrected chi connectivity index (χ1v) is 11.6. The second-order valence-electron chi connectivity index (χ2n) is 8.94. The minimum absolute atomic E-state index is 0.190. The fraction of sp³-hybridized carbons (Fsp3) is 0.542. The number of hydrogen-bond donors (Lipinski definition) is 1. The van der Waals surface area contributed by atoms with Crippen LogP contribution in [0.5, 0.6) is 0 Å². The molecule has 1 atom stereocenters. The largest absolute Gasteiger partial charge is 0.340 e. The number of nitrogens with one attached hydrogen (secondary N) is 1. The van der Waals surface area contributed by atoms with E-state index in [0.29, 0.717) is 37.6 Å². The molecule has 4 rings (SSSR count). The zero-order valence-corrected chi connectivity index (χ0v) is 19.2. The third kappa shape index (κ3) is 4.24. The molecular weight excluding hydrogens is 406 g/mol. The molecule has 0 spiro atoms. The lowest BCUT2D eigenvalue weighted by Crippen LogP contribution is -2.54. The van der Waals surface area contributed by atoms with Gasteiger partial charge in [-0.05, 0) is 38.8 Å². The molecule has 1 saturated heterocycles. The summed E-state index contributed by atoms with van der Waals surface area (Å²) >= 11 is 0. The lowest BCUT2D eigenvalue weighted by atomic mass is 10.1. The van der Waals surface area contributed by atoms with Gasteiger partial charge >= 0.3 is 0 Å². The van der Waals surface area contributed by atoms with Crippen LogP contribution < -0.4 is 10.9 Å². The standard InChI is InChI=1S/C24H33N5O3/c1-17-21(24(32)29(26(17)3)20-11-5-4-6-12-20)25-22(30)18(2)27-13-15-28(16-14-27)23(31)19-9-7-8-10-19/h4-6,11-12,18-19H,7-10,13-16H2,1-3H3,(H,25,30). The monoisotopic (exact) mass is 439 g/mol. The molecule has 2 heterocycles. The molecule has 1 aromatic carbocycles. The number of hydrogen-bond acceptors (Lipinski definition) is 4. The lowest BCUT2D eigenvalue weighted by molar-refractivity contribution is -0.137. The van der Waals surface area contributed by atoms with Crippen molar-refractivity contribution in [2.75, 3.05) is 31.5 Å². The van der Waals surface area contributed by atoms with Crippen LogP contribution in [0.3, 0.4) is 0 Å². The van der Waals surface area contributed by atoms with E-state index in [9.17, 15) is 14.4 Å². The van der Waals surface area contributed by atoms with Crippen LogP contribution in [0.25, 0.3) is 5.69 Å². The Morgan fingerprint density at radius 1 is 1.03 bits per heavy atom. The van der Waals surface area contributed by atoms with Gasteiger partial charge in [0, 0.05) is 39.1 Å². The van der Waals surface area contributed by atoms with Crippen LogP contribution in [0.4, 0.5) is 5.69 Å². The first-order chi connectivity index (χ1) is 15.4. The maximum Gasteiger partial charge on any atom is 0.295 e. The van der Waals surface area contributed by atoms with Crippen LogP contribution in [0.2, 0.25) is 0 Å². The molecule has 1 aliphatic heterocycles. The number of amides is 2. The fourth-order valence-electron chi connectivity index (χ4n) is 4.87. The van der Waals surface area contributed by atoms with E-state index in [2.05, 4.69) is 10.2 Å². The van der Waals surface area contributed by atoms with Gasteiger partial charge in [0.15, 0.2) is 0 Å². The molecule has 2 fully saturated rings. The second kappa shape index (κ2) is 9.32. The Labute approximate surface area is 188 Å². The minimum atomic E-state index is -0.386. The summed E-state index contributed by atoms with van der Waals surface area (Å²) in [4.78, 5) is 42.8. The lowest BCUT2D eigenvalue weighted by Gasteiger charge is -2.38. The van der Waals surface area contributed by atoms with E-state index >= 15 is 0 Å². The van der Waals surface area contributed by atoms with E-state index in [1.165, 1.54) is 0 Å². The third-order valence-electron chi connectivity index (χ3n) is 7.06. The fourth-order valence-corrected chi connectivity index (χ4v) is 4.87. The predicted octanol–water partition coefficient (Wildman–Crippen LogP) is 2.15. The maximum atomic E-state index is 13.1. The van der Waals surface area contributed by atoms with Gasteiger partial charge in [-0.25, -0.2) is 4.68 Å². The molecule has 1 N–H and O–H groups in total. The van der Waals surface area contributed by atoms with Gasteiger partial charge in [0.2, 0.25) is 11.8 Å². The first kappa shape index (κ1) is 22.3. The SMILES string of the molecule is Cc1c(NC(=O)C(C)N2CCN(C(=O)C3CCCC3)CC2)c(=O)n(-c2ccccc2)n1C. The average molecular weight is 440 g/mol. The Bertz CT molecular complexity index is 1030. The Hall–Kier alpha value is -2.87. The van der Waals surface area contributed by atoms with Crippen LogP contribution in [0, 0.1) is 12.8 Å². The normalized spacial score (nSPS) is 18.7. The van der Waals surface area contributed by atoms with Crippen molar-refractivity contribution in [1.82, 2.24) is 19.2 Å². The van der Waals surface area contributed by atoms with Crippen LogP contribution in [-0.4, -0.2) is 63.2 Å². The molecule has 0 radical (unpaired) electrons. The topological polar surface area (TPSA) is 79.6 Å². The second-order valence-corrected chi connectivity index (χ2v) is 8.94. The summed E-state index contributed by atoms with van der Waals surface area (Å²) in [5, 5.41) is 2.87. The van der Waals surface area contributed by atoms with Gasteiger partial charge in [-0.3, -0.25) is 24.0 Å². The van der Waals surface area contributed by atoms with Crippen LogP contribution >= 0.6 is 0 Å². The summed E-state index contributed by atoms with van der Waals surface area (Å²) in [7, 11) is 1.81. The number of anilines is 1. The summed E-state index contributed by atoms with van der Waals surface area (Å²) in [6, 6.07) is 8.99. The van der Waals surface area contributed by atoms with Crippen molar-refractivity contribution in [3.63, 3.8) is 0 Å². The number of carbonyl (C=O) groups is 2. The molecule has 2 aromatic rings. The molecule has 172 valence electrons. The van der Waals surface area contributed by atoms with Crippen LogP contribution in [0.15, 0.2) is 35.1 Å². The van der Waals surface area contributed by atoms with E-state index < -0.39 is 0 Å². The highest BCUT2D eigenvalue weighted by Crippen LogP contribution is 2.27. The van der Waals surface area contributed by atoms with E-state index in [4.69, 9.17) is 0 Å². The number of rotatable bonds is 5. The molecule has 1 aliphatic carbocycles. The number of piperazine rings is 1. The Morgan fingerprint density at radius 2 is 1.66 bits per heavy atom. The summed E-state index contributed by atoms with van der Waals surface area (Å²) in [5.41, 5.74) is 1.51. The van der Waals surface area contributed by atoms with Crippen LogP contribution in [0.1, 0.15) is 38.3 Å². The van der Waals surface area contributed by atoms with E-state index in [0.717, 1.165) is 31.4 Å². The summed E-state index contributed by atoms with van der Waals surface area (Å²) in [5.74, 6) is 0.266. The van der Waals surface area contributed by atoms with E-state index in [-0.39, 0.29) is 29.3 Å². The van der Waals surface area contributed by atoms with Crippen molar-refractivity contribution in [3.8, 4) is 5.69 Å². The van der Waals surface area contributed by atoms with E-state index in [1.807, 2.05) is 56.1 Å². The quantitative estimate of drug-likeness (QED) is 0.774. The third-order valence-corrected chi connectivity index (χ3v) is 7.06. The van der Waals surface area contributed by atoms with Gasteiger partial charge in [-0.2, -0.15) is 0 Å². The molecule has 8 nitrogen and oxygen atoms in total. The van der Waals surface area contributed by atoms with E-state index in [1.54, 1.807) is 9.36 Å². The highest BCUT2D eigenvalue weighted by molar-refractivity contribution is 5.95. The van der Waals surface area contributed by atoms with Crippen molar-refractivity contribution in [1.29, 1.82) is 0 Å². The van der Waals surface area contributed by atoms with Crippen molar-refractivity contribution in [2.24, 2.45) is 13.0 Å². The minimum Gasteiger partial charge on any atom is -0.340 e. The zero-order chi connectivity index (χ0) is 22.8. The number of carbonyl (C=O) groups excluding carboxylic acids is 2.